The van der Waals surface area contributed by atoms with Gasteiger partial charge in [0, 0.05) is 12.8 Å². The quantitative estimate of drug-likeness (QED) is 0.0205. The summed E-state index contributed by atoms with van der Waals surface area (Å²) in [6, 6.07) is -0.852. The zero-order valence-corrected chi connectivity index (χ0v) is 52.3. The second-order valence-electron chi connectivity index (χ2n) is 23.3. The van der Waals surface area contributed by atoms with Crippen LogP contribution in [-0.4, -0.2) is 74.3 Å². The minimum Gasteiger partial charge on any atom is -0.456 e. The lowest BCUT2D eigenvalue weighted by Crippen LogP contribution is -2.47. The molecule has 0 rings (SSSR count). The first-order valence-corrected chi connectivity index (χ1v) is 34.1. The van der Waals surface area contributed by atoms with Gasteiger partial charge in [0.1, 0.15) is 19.3 Å². The van der Waals surface area contributed by atoms with Gasteiger partial charge in [0.2, 0.25) is 5.91 Å². The monoisotopic (exact) mass is 1100 g/mol. The number of rotatable bonds is 59. The van der Waals surface area contributed by atoms with E-state index in [9.17, 15) is 19.0 Å². The number of likely N-dealkylation sites (N-methyl/N-ethyl adjacent to an activating group) is 1. The lowest BCUT2D eigenvalue weighted by molar-refractivity contribution is -0.870. The molecular weight excluding hydrogens is 976 g/mol. The molecule has 3 unspecified atom stereocenters. The van der Waals surface area contributed by atoms with Gasteiger partial charge in [-0.25, -0.2) is 4.57 Å². The van der Waals surface area contributed by atoms with E-state index in [4.69, 9.17) is 13.8 Å². The number of unbranched alkanes of at least 4 members (excludes halogenated alkanes) is 35. The van der Waals surface area contributed by atoms with Crippen molar-refractivity contribution in [2.45, 2.75) is 315 Å². The minimum atomic E-state index is -4.45. The van der Waals surface area contributed by atoms with Crippen molar-refractivity contribution in [1.29, 1.82) is 0 Å². The molecule has 0 bridgehead atoms. The Bertz CT molecular complexity index is 1500. The molecule has 0 aliphatic heterocycles. The van der Waals surface area contributed by atoms with E-state index in [-0.39, 0.29) is 31.5 Å². The molecule has 0 aromatic rings. The SMILES string of the molecule is CCCCC/C=C\C/C=C\CCCCCCCCCCCCCC(=O)OC(/C=C/CCCCCCCCCCC)C(COP(=O)(O)OCC[N+](C)(C)C)NC(=O)CCCCCCCCCCC/C=C\C/C=C\CCCCC. The average Bonchev–Trinajstić information content (AvgIpc) is 3.39. The van der Waals surface area contributed by atoms with Gasteiger partial charge in [0.15, 0.2) is 0 Å². The van der Waals surface area contributed by atoms with E-state index in [1.54, 1.807) is 0 Å². The summed E-state index contributed by atoms with van der Waals surface area (Å²) in [4.78, 5) is 37.8. The molecular formula is C67H126N2O7P+. The van der Waals surface area contributed by atoms with Crippen molar-refractivity contribution in [2.75, 3.05) is 40.9 Å². The van der Waals surface area contributed by atoms with Crippen molar-refractivity contribution in [3.05, 3.63) is 60.8 Å². The van der Waals surface area contributed by atoms with Crippen molar-refractivity contribution < 1.29 is 37.3 Å². The zero-order valence-electron chi connectivity index (χ0n) is 51.5. The first kappa shape index (κ1) is 74.7. The fourth-order valence-corrected chi connectivity index (χ4v) is 10.1. The molecule has 3 atom stereocenters. The molecule has 0 saturated heterocycles. The lowest BCUT2D eigenvalue weighted by atomic mass is 10.0. The number of phosphoric ester groups is 1. The predicted octanol–water partition coefficient (Wildman–Crippen LogP) is 20.2. The Kier molecular flexibility index (Phi) is 55.3. The molecule has 0 spiro atoms. The van der Waals surface area contributed by atoms with Crippen molar-refractivity contribution >= 4 is 19.7 Å². The number of hydrogen-bond acceptors (Lipinski definition) is 6. The summed E-state index contributed by atoms with van der Waals surface area (Å²) >= 11 is 0. The van der Waals surface area contributed by atoms with Gasteiger partial charge in [-0.3, -0.25) is 18.6 Å². The molecule has 1 amide bonds. The van der Waals surface area contributed by atoms with Crippen LogP contribution in [0.4, 0.5) is 0 Å². The molecule has 0 aliphatic rings. The Morgan fingerprint density at radius 2 is 0.792 bits per heavy atom. The molecule has 10 heteroatoms. The smallest absolute Gasteiger partial charge is 0.456 e. The van der Waals surface area contributed by atoms with Crippen molar-refractivity contribution in [2.24, 2.45) is 0 Å². The second-order valence-corrected chi connectivity index (χ2v) is 24.7. The molecule has 0 aromatic carbocycles. The number of amides is 1. The number of carbonyl (C=O) groups excluding carboxylic acids is 2. The first-order chi connectivity index (χ1) is 37.4. The summed E-state index contributed by atoms with van der Waals surface area (Å²) in [5, 5.41) is 3.06. The Morgan fingerprint density at radius 3 is 1.19 bits per heavy atom. The number of nitrogens with one attached hydrogen (secondary N) is 1. The third-order valence-electron chi connectivity index (χ3n) is 14.4. The molecule has 0 radical (unpaired) electrons. The maximum Gasteiger partial charge on any atom is 0.472 e. The van der Waals surface area contributed by atoms with Crippen LogP contribution < -0.4 is 5.32 Å². The molecule has 2 N–H and O–H groups in total. The number of hydrogen-bond donors (Lipinski definition) is 2. The lowest BCUT2D eigenvalue weighted by Gasteiger charge is -2.27. The number of ether oxygens (including phenoxy) is 1. The van der Waals surface area contributed by atoms with Crippen molar-refractivity contribution in [3.8, 4) is 0 Å². The molecule has 9 nitrogen and oxygen atoms in total. The van der Waals surface area contributed by atoms with Crippen LogP contribution in [0.25, 0.3) is 0 Å². The van der Waals surface area contributed by atoms with Gasteiger partial charge < -0.3 is 19.4 Å². The fourth-order valence-electron chi connectivity index (χ4n) is 9.35. The van der Waals surface area contributed by atoms with Crippen LogP contribution in [0, 0.1) is 0 Å². The maximum absolute atomic E-state index is 13.6. The summed E-state index contributed by atoms with van der Waals surface area (Å²) in [5.74, 6) is -0.505. The largest absolute Gasteiger partial charge is 0.472 e. The van der Waals surface area contributed by atoms with Gasteiger partial charge >= 0.3 is 13.8 Å². The first-order valence-electron chi connectivity index (χ1n) is 32.6. The Hall–Kier alpha value is -2.29. The van der Waals surface area contributed by atoms with Crippen LogP contribution in [0.3, 0.4) is 0 Å². The number of quaternary nitrogens is 1. The number of esters is 1. The molecule has 0 saturated carbocycles. The summed E-state index contributed by atoms with van der Waals surface area (Å²) < 4.78 is 30.7. The van der Waals surface area contributed by atoms with Crippen LogP contribution in [-0.2, 0) is 27.9 Å². The highest BCUT2D eigenvalue weighted by molar-refractivity contribution is 7.47. The topological polar surface area (TPSA) is 111 Å². The van der Waals surface area contributed by atoms with Gasteiger partial charge in [-0.15, -0.1) is 0 Å². The van der Waals surface area contributed by atoms with Gasteiger partial charge in [0.25, 0.3) is 0 Å². The van der Waals surface area contributed by atoms with E-state index in [0.717, 1.165) is 70.6 Å². The normalized spacial score (nSPS) is 14.0. The molecule has 77 heavy (non-hydrogen) atoms. The second kappa shape index (κ2) is 57.0. The zero-order chi connectivity index (χ0) is 56.4. The van der Waals surface area contributed by atoms with E-state index in [1.165, 1.54) is 199 Å². The van der Waals surface area contributed by atoms with Gasteiger partial charge in [-0.1, -0.05) is 255 Å². The summed E-state index contributed by atoms with van der Waals surface area (Å²) in [6.07, 6.45) is 72.1. The highest BCUT2D eigenvalue weighted by Crippen LogP contribution is 2.43. The van der Waals surface area contributed by atoms with E-state index < -0.39 is 20.0 Å². The standard InChI is InChI=1S/C67H125N2O7P/c1-7-10-13-16-19-22-25-27-29-31-33-34-36-38-40-42-45-48-51-54-57-60-67(71)76-65(58-55-52-49-46-43-24-21-18-15-12-9-3)64(63-75-77(72,73)74-62-61-69(4,5)6)68-66(70)59-56-53-50-47-44-41-39-37-35-32-30-28-26-23-20-17-14-11-8-2/h19-20,22-23,27-30,55,58,64-65H,7-18,21,24-26,31-54,56-57,59-63H2,1-6H3,(H-,68,70,72,73)/p+1/b22-19-,23-20-,29-27-,30-28-,58-55+. The maximum atomic E-state index is 13.6. The molecule has 0 fully saturated rings. The number of carbonyl (C=O) groups is 2. The van der Waals surface area contributed by atoms with Crippen molar-refractivity contribution in [3.63, 3.8) is 0 Å². The molecule has 0 heterocycles. The Balaban J connectivity index is 5.15. The van der Waals surface area contributed by atoms with E-state index in [2.05, 4.69) is 74.7 Å². The molecule has 0 aliphatic carbocycles. The number of phosphoric acid groups is 1. The van der Waals surface area contributed by atoms with Gasteiger partial charge in [-0.2, -0.15) is 0 Å². The highest BCUT2D eigenvalue weighted by atomic mass is 31.2. The van der Waals surface area contributed by atoms with Crippen LogP contribution in [0.1, 0.15) is 303 Å². The fraction of sp³-hybridized carbons (Fsp3) is 0.821. The summed E-state index contributed by atoms with van der Waals surface area (Å²) in [6.45, 7) is 6.98. The molecule has 0 aromatic heterocycles. The summed E-state index contributed by atoms with van der Waals surface area (Å²) in [7, 11) is 1.49. The van der Waals surface area contributed by atoms with Gasteiger partial charge in [-0.05, 0) is 96.0 Å². The Labute approximate surface area is 477 Å². The van der Waals surface area contributed by atoms with Gasteiger partial charge in [0.05, 0.1) is 33.8 Å². The van der Waals surface area contributed by atoms with E-state index in [0.29, 0.717) is 17.4 Å². The van der Waals surface area contributed by atoms with E-state index >= 15 is 0 Å². The third kappa shape index (κ3) is 58.2. The highest BCUT2D eigenvalue weighted by Gasteiger charge is 2.30. The average molecular weight is 1100 g/mol. The Morgan fingerprint density at radius 1 is 0.455 bits per heavy atom. The van der Waals surface area contributed by atoms with Crippen molar-refractivity contribution in [1.82, 2.24) is 5.32 Å². The van der Waals surface area contributed by atoms with Crippen LogP contribution >= 0.6 is 7.82 Å². The van der Waals surface area contributed by atoms with E-state index in [1.807, 2.05) is 33.3 Å². The number of allylic oxidation sites excluding steroid dienone is 9. The summed E-state index contributed by atoms with van der Waals surface area (Å²) in [5.41, 5.74) is 0. The minimum absolute atomic E-state index is 0.0385. The van der Waals surface area contributed by atoms with Crippen LogP contribution in [0.15, 0.2) is 60.8 Å². The van der Waals surface area contributed by atoms with Crippen LogP contribution in [0.5, 0.6) is 0 Å². The molecule has 450 valence electrons. The van der Waals surface area contributed by atoms with Crippen LogP contribution in [0.2, 0.25) is 0 Å². The third-order valence-corrected chi connectivity index (χ3v) is 15.4. The predicted molar refractivity (Wildman–Crippen MR) is 332 cm³/mol. The number of nitrogens with zero attached hydrogens (tertiary/aromatic N) is 1.